The maximum Gasteiger partial charge on any atom is 0.310 e. The zero-order valence-corrected chi connectivity index (χ0v) is 4.51. The predicted molar refractivity (Wildman–Crippen MR) is 29.9 cm³/mol. The molecule has 40 valence electrons. The molecule has 0 amide bonds. The van der Waals surface area contributed by atoms with Crippen LogP contribution in [0.4, 0.5) is 0 Å². The fraction of sp³-hybridized carbons (Fsp3) is 0.500. The maximum atomic E-state index is 4.57. The third kappa shape index (κ3) is 1.92. The number of rotatable bonds is 0. The fourth-order valence-electron chi connectivity index (χ4n) is 0.227. The van der Waals surface area contributed by atoms with Gasteiger partial charge in [0.25, 0.3) is 0 Å². The molecule has 0 unspecified atom stereocenters. The minimum atomic E-state index is 0.319. The van der Waals surface area contributed by atoms with E-state index in [2.05, 4.69) is 21.4 Å². The van der Waals surface area contributed by atoms with Crippen LogP contribution in [0.15, 0.2) is 9.98 Å². The molecule has 0 rings (SSSR count). The molecule has 0 radical (unpaired) electrons. The van der Waals surface area contributed by atoms with Gasteiger partial charge in [0, 0.05) is 7.05 Å². The van der Waals surface area contributed by atoms with Gasteiger partial charge in [0.2, 0.25) is 0 Å². The first-order valence-corrected chi connectivity index (χ1v) is 1.82. The molecule has 0 bridgehead atoms. The van der Waals surface area contributed by atoms with Crippen LogP contribution in [-0.2, 0) is 4.74 Å². The molecule has 0 aromatic heterocycles. The van der Waals surface area contributed by atoms with E-state index >= 15 is 0 Å². The van der Waals surface area contributed by atoms with Gasteiger partial charge >= 0.3 is 6.02 Å². The number of nitrogens with zero attached hydrogens (tertiary/aromatic N) is 2. The van der Waals surface area contributed by atoms with Crippen molar-refractivity contribution in [1.29, 1.82) is 0 Å². The highest BCUT2D eigenvalue weighted by molar-refractivity contribution is 5.78. The molecular weight excluding hydrogens is 92.1 g/mol. The van der Waals surface area contributed by atoms with Gasteiger partial charge in [0.15, 0.2) is 0 Å². The number of aliphatic imine (C=N–C) groups is 2. The van der Waals surface area contributed by atoms with Crippen molar-refractivity contribution in [2.75, 3.05) is 14.2 Å². The van der Waals surface area contributed by atoms with Crippen LogP contribution in [-0.4, -0.2) is 26.9 Å². The van der Waals surface area contributed by atoms with Crippen LogP contribution in [0.1, 0.15) is 0 Å². The lowest BCUT2D eigenvalue weighted by molar-refractivity contribution is 0.397. The van der Waals surface area contributed by atoms with E-state index in [1.807, 2.05) is 0 Å². The molecule has 0 aromatic carbocycles. The Morgan fingerprint density at radius 1 is 1.71 bits per heavy atom. The molecule has 0 aliphatic carbocycles. The summed E-state index contributed by atoms with van der Waals surface area (Å²) >= 11 is 0. The monoisotopic (exact) mass is 100 g/mol. The molecule has 0 saturated carbocycles. The number of ether oxygens (including phenoxy) is 1. The summed E-state index contributed by atoms with van der Waals surface area (Å²) in [7, 11) is 3.09. The Balaban J connectivity index is 3.60. The zero-order valence-electron chi connectivity index (χ0n) is 4.51. The van der Waals surface area contributed by atoms with Gasteiger partial charge in [0.05, 0.1) is 7.11 Å². The van der Waals surface area contributed by atoms with E-state index in [1.165, 1.54) is 7.11 Å². The van der Waals surface area contributed by atoms with Crippen LogP contribution < -0.4 is 0 Å². The molecular formula is C4H8N2O. The van der Waals surface area contributed by atoms with Gasteiger partial charge in [-0.1, -0.05) is 0 Å². The number of methoxy groups -OCH3 is 1. The smallest absolute Gasteiger partial charge is 0.310 e. The Bertz CT molecular complexity index is 87.7. The molecule has 0 fully saturated rings. The van der Waals surface area contributed by atoms with Crippen molar-refractivity contribution in [3.8, 4) is 0 Å². The highest BCUT2D eigenvalue weighted by atomic mass is 16.5. The molecule has 3 heteroatoms. The predicted octanol–water partition coefficient (Wildman–Crippen LogP) is 0.319. The second-order valence-electron chi connectivity index (χ2n) is 0.868. The second kappa shape index (κ2) is 3.33. The summed E-state index contributed by atoms with van der Waals surface area (Å²) in [6.07, 6.45) is 0. The average Bonchev–Trinajstić information content (AvgIpc) is 1.72. The van der Waals surface area contributed by atoms with Gasteiger partial charge in [-0.3, -0.25) is 0 Å². The van der Waals surface area contributed by atoms with Gasteiger partial charge in [-0.15, -0.1) is 0 Å². The zero-order chi connectivity index (χ0) is 5.70. The van der Waals surface area contributed by atoms with Gasteiger partial charge in [-0.05, 0) is 6.72 Å². The van der Waals surface area contributed by atoms with Crippen molar-refractivity contribution in [2.45, 2.75) is 0 Å². The van der Waals surface area contributed by atoms with Crippen LogP contribution in [0.2, 0.25) is 0 Å². The first-order chi connectivity index (χ1) is 3.35. The number of hydrogen-bond acceptors (Lipinski definition) is 2. The number of hydrogen-bond donors (Lipinski definition) is 0. The summed E-state index contributed by atoms with van der Waals surface area (Å²) in [5.41, 5.74) is 0. The Morgan fingerprint density at radius 3 is 2.29 bits per heavy atom. The first kappa shape index (κ1) is 6.14. The summed E-state index contributed by atoms with van der Waals surface area (Å²) in [5.74, 6) is 0. The lowest BCUT2D eigenvalue weighted by Crippen LogP contribution is -1.93. The topological polar surface area (TPSA) is 34.0 Å². The van der Waals surface area contributed by atoms with Crippen molar-refractivity contribution < 1.29 is 4.74 Å². The Hall–Kier alpha value is -0.860. The Kier molecular flexibility index (Phi) is 2.92. The van der Waals surface area contributed by atoms with Gasteiger partial charge in [-0.2, -0.15) is 0 Å². The van der Waals surface area contributed by atoms with E-state index in [0.717, 1.165) is 0 Å². The SMILES string of the molecule is C=N/C(=N\C)OC. The third-order valence-electron chi connectivity index (χ3n) is 0.509. The summed E-state index contributed by atoms with van der Waals surface area (Å²) in [5, 5.41) is 0. The Labute approximate surface area is 42.7 Å². The fourth-order valence-corrected chi connectivity index (χ4v) is 0.227. The summed E-state index contributed by atoms with van der Waals surface area (Å²) in [6, 6.07) is 0.319. The summed E-state index contributed by atoms with van der Waals surface area (Å²) in [6.45, 7) is 3.20. The molecule has 0 aromatic rings. The van der Waals surface area contributed by atoms with E-state index in [4.69, 9.17) is 0 Å². The van der Waals surface area contributed by atoms with Crippen molar-refractivity contribution in [2.24, 2.45) is 9.98 Å². The largest absolute Gasteiger partial charge is 0.467 e. The van der Waals surface area contributed by atoms with E-state index in [9.17, 15) is 0 Å². The highest BCUT2D eigenvalue weighted by Crippen LogP contribution is 1.74. The third-order valence-corrected chi connectivity index (χ3v) is 0.509. The van der Waals surface area contributed by atoms with E-state index in [-0.39, 0.29) is 0 Å². The summed E-state index contributed by atoms with van der Waals surface area (Å²) in [4.78, 5) is 6.99. The maximum absolute atomic E-state index is 4.57. The normalized spacial score (nSPS) is 10.9. The second-order valence-corrected chi connectivity index (χ2v) is 0.868. The van der Waals surface area contributed by atoms with Crippen LogP contribution in [0.25, 0.3) is 0 Å². The minimum absolute atomic E-state index is 0.319. The summed E-state index contributed by atoms with van der Waals surface area (Å²) < 4.78 is 4.57. The lowest BCUT2D eigenvalue weighted by Gasteiger charge is -1.90. The minimum Gasteiger partial charge on any atom is -0.467 e. The average molecular weight is 100 g/mol. The molecule has 7 heavy (non-hydrogen) atoms. The quantitative estimate of drug-likeness (QED) is 0.319. The Morgan fingerprint density at radius 2 is 2.29 bits per heavy atom. The van der Waals surface area contributed by atoms with E-state index in [0.29, 0.717) is 6.02 Å². The molecule has 3 nitrogen and oxygen atoms in total. The van der Waals surface area contributed by atoms with Crippen molar-refractivity contribution >= 4 is 12.7 Å². The van der Waals surface area contributed by atoms with Crippen LogP contribution in [0.5, 0.6) is 0 Å². The van der Waals surface area contributed by atoms with Crippen molar-refractivity contribution in [3.05, 3.63) is 0 Å². The number of amidine groups is 1. The molecule has 0 heterocycles. The molecule has 0 atom stereocenters. The highest BCUT2D eigenvalue weighted by Gasteiger charge is 1.81. The van der Waals surface area contributed by atoms with Crippen LogP contribution >= 0.6 is 0 Å². The molecule has 0 aliphatic heterocycles. The lowest BCUT2D eigenvalue weighted by atomic mass is 11.1. The molecule has 0 spiro atoms. The van der Waals surface area contributed by atoms with Crippen molar-refractivity contribution in [3.63, 3.8) is 0 Å². The molecule has 0 N–H and O–H groups in total. The van der Waals surface area contributed by atoms with Gasteiger partial charge in [-0.25, -0.2) is 9.98 Å². The standard InChI is InChI=1S/C4H8N2O/c1-5-4(6-2)7-3/h1H2,2-3H3/b6-4+. The van der Waals surface area contributed by atoms with Gasteiger partial charge in [0.1, 0.15) is 0 Å². The van der Waals surface area contributed by atoms with E-state index in [1.54, 1.807) is 7.05 Å². The van der Waals surface area contributed by atoms with E-state index < -0.39 is 0 Å². The van der Waals surface area contributed by atoms with Gasteiger partial charge < -0.3 is 4.74 Å². The van der Waals surface area contributed by atoms with Crippen LogP contribution in [0, 0.1) is 0 Å². The molecule has 0 aliphatic rings. The molecule has 0 saturated heterocycles. The first-order valence-electron chi connectivity index (χ1n) is 1.82. The van der Waals surface area contributed by atoms with Crippen molar-refractivity contribution in [1.82, 2.24) is 0 Å². The van der Waals surface area contributed by atoms with Crippen LogP contribution in [0.3, 0.4) is 0 Å².